The number of benzene rings is 3. The Labute approximate surface area is 201 Å². The minimum absolute atomic E-state index is 0.0347. The van der Waals surface area contributed by atoms with E-state index in [2.05, 4.69) is 67.3 Å². The molecule has 3 aromatic rings. The number of hydrogen-bond acceptors (Lipinski definition) is 4. The highest BCUT2D eigenvalue weighted by molar-refractivity contribution is 6.04. The predicted octanol–water partition coefficient (Wildman–Crippen LogP) is 5.05. The minimum atomic E-state index is -0.144. The molecule has 0 N–H and O–H groups in total. The van der Waals surface area contributed by atoms with Gasteiger partial charge in [-0.3, -0.25) is 9.69 Å². The molecule has 5 rings (SSSR count). The Morgan fingerprint density at radius 3 is 2.68 bits per heavy atom. The smallest absolute Gasteiger partial charge is 0.257 e. The molecule has 0 fully saturated rings. The van der Waals surface area contributed by atoms with Crippen molar-refractivity contribution < 1.29 is 9.53 Å². The molecule has 174 valence electrons. The fourth-order valence-corrected chi connectivity index (χ4v) is 5.01. The fourth-order valence-electron chi connectivity index (χ4n) is 5.01. The number of carbonyl (C=O) groups is 1. The van der Waals surface area contributed by atoms with Gasteiger partial charge in [0.1, 0.15) is 5.75 Å². The van der Waals surface area contributed by atoms with Crippen molar-refractivity contribution in [2.75, 3.05) is 20.2 Å². The number of hydrazone groups is 1. The van der Waals surface area contributed by atoms with Crippen LogP contribution in [0.1, 0.15) is 45.8 Å². The third-order valence-corrected chi connectivity index (χ3v) is 6.92. The van der Waals surface area contributed by atoms with Crippen molar-refractivity contribution >= 4 is 11.6 Å². The summed E-state index contributed by atoms with van der Waals surface area (Å²) in [7, 11) is 1.67. The summed E-state index contributed by atoms with van der Waals surface area (Å²) >= 11 is 0. The zero-order chi connectivity index (χ0) is 23.7. The molecule has 5 heteroatoms. The molecule has 0 saturated heterocycles. The van der Waals surface area contributed by atoms with Crippen LogP contribution in [0, 0.1) is 13.8 Å². The Kier molecular flexibility index (Phi) is 6.20. The van der Waals surface area contributed by atoms with Gasteiger partial charge in [-0.15, -0.1) is 0 Å². The lowest BCUT2D eigenvalue weighted by Gasteiger charge is -2.30. The average molecular weight is 454 g/mol. The van der Waals surface area contributed by atoms with Gasteiger partial charge < -0.3 is 4.74 Å². The molecule has 5 nitrogen and oxygen atoms in total. The molecule has 2 aliphatic rings. The van der Waals surface area contributed by atoms with E-state index < -0.39 is 0 Å². The van der Waals surface area contributed by atoms with Crippen molar-refractivity contribution in [3.05, 3.63) is 100 Å². The summed E-state index contributed by atoms with van der Waals surface area (Å²) in [5.41, 5.74) is 8.19. The van der Waals surface area contributed by atoms with Crippen LogP contribution in [0.3, 0.4) is 0 Å². The average Bonchev–Trinajstić information content (AvgIpc) is 3.31. The normalized spacial score (nSPS) is 17.9. The van der Waals surface area contributed by atoms with E-state index in [1.54, 1.807) is 12.1 Å². The molecule has 0 radical (unpaired) electrons. The number of fused-ring (bicyclic) bond motifs is 1. The van der Waals surface area contributed by atoms with Crippen molar-refractivity contribution in [1.29, 1.82) is 0 Å². The van der Waals surface area contributed by atoms with Crippen LogP contribution in [-0.4, -0.2) is 41.7 Å². The molecule has 0 unspecified atom stereocenters. The third-order valence-electron chi connectivity index (χ3n) is 6.92. The first-order valence-electron chi connectivity index (χ1n) is 11.9. The zero-order valence-corrected chi connectivity index (χ0v) is 20.1. The number of amides is 1. The topological polar surface area (TPSA) is 45.1 Å². The van der Waals surface area contributed by atoms with Crippen molar-refractivity contribution in [2.24, 2.45) is 5.10 Å². The molecule has 2 heterocycles. The van der Waals surface area contributed by atoms with E-state index in [1.807, 2.05) is 18.2 Å². The van der Waals surface area contributed by atoms with Gasteiger partial charge in [0, 0.05) is 25.1 Å². The van der Waals surface area contributed by atoms with E-state index in [1.165, 1.54) is 22.3 Å². The van der Waals surface area contributed by atoms with Gasteiger partial charge in [0.15, 0.2) is 0 Å². The first-order valence-corrected chi connectivity index (χ1v) is 11.9. The van der Waals surface area contributed by atoms with Gasteiger partial charge in [-0.1, -0.05) is 54.1 Å². The Hall–Kier alpha value is -3.44. The maximum atomic E-state index is 13.6. The number of nitrogens with zero attached hydrogens (tertiary/aromatic N) is 3. The van der Waals surface area contributed by atoms with Crippen LogP contribution >= 0.6 is 0 Å². The lowest BCUT2D eigenvalue weighted by Crippen LogP contribution is -2.40. The number of carbonyl (C=O) groups excluding carboxylic acids is 1. The third kappa shape index (κ3) is 4.48. The molecule has 0 aromatic heterocycles. The summed E-state index contributed by atoms with van der Waals surface area (Å²) in [6.45, 7) is 6.24. The first-order chi connectivity index (χ1) is 16.5. The molecule has 34 heavy (non-hydrogen) atoms. The summed E-state index contributed by atoms with van der Waals surface area (Å²) in [5, 5.41) is 6.63. The van der Waals surface area contributed by atoms with Crippen molar-refractivity contribution in [3.8, 4) is 5.75 Å². The highest BCUT2D eigenvalue weighted by atomic mass is 16.5. The summed E-state index contributed by atoms with van der Waals surface area (Å²) in [5.74, 6) is 0.824. The van der Waals surface area contributed by atoms with Crippen LogP contribution in [0.5, 0.6) is 5.75 Å². The summed E-state index contributed by atoms with van der Waals surface area (Å²) in [6.07, 6.45) is 1.66. The largest absolute Gasteiger partial charge is 0.497 e. The van der Waals surface area contributed by atoms with Gasteiger partial charge >= 0.3 is 0 Å². The minimum Gasteiger partial charge on any atom is -0.497 e. The summed E-state index contributed by atoms with van der Waals surface area (Å²) < 4.78 is 5.46. The molecular weight excluding hydrogens is 422 g/mol. The Bertz CT molecular complexity index is 1250. The van der Waals surface area contributed by atoms with Crippen molar-refractivity contribution in [1.82, 2.24) is 9.91 Å². The van der Waals surface area contributed by atoms with Gasteiger partial charge in [-0.25, -0.2) is 5.01 Å². The zero-order valence-electron chi connectivity index (χ0n) is 20.1. The highest BCUT2D eigenvalue weighted by Crippen LogP contribution is 2.35. The van der Waals surface area contributed by atoms with Crippen LogP contribution in [0.2, 0.25) is 0 Å². The highest BCUT2D eigenvalue weighted by Gasteiger charge is 2.34. The van der Waals surface area contributed by atoms with E-state index in [0.717, 1.165) is 42.1 Å². The van der Waals surface area contributed by atoms with E-state index in [4.69, 9.17) is 9.84 Å². The quantitative estimate of drug-likeness (QED) is 0.543. The van der Waals surface area contributed by atoms with Gasteiger partial charge in [0.2, 0.25) is 0 Å². The second-order valence-corrected chi connectivity index (χ2v) is 9.33. The number of methoxy groups -OCH3 is 1. The number of hydrogen-bond donors (Lipinski definition) is 0. The first kappa shape index (κ1) is 22.4. The standard InChI is InChI=1S/C29H31N3O2/c1-20-11-12-21(2)26(15-20)27-17-28(23-9-6-10-25(16-23)34-3)32(30-27)29(33)19-31-14-13-22-7-4-5-8-24(22)18-31/h4-12,15-16,28H,13-14,17-19H2,1-3H3/t28-/m0/s1. The molecule has 1 amide bonds. The monoisotopic (exact) mass is 453 g/mol. The Morgan fingerprint density at radius 2 is 1.85 bits per heavy atom. The van der Waals surface area contributed by atoms with E-state index in [0.29, 0.717) is 13.0 Å². The summed E-state index contributed by atoms with van der Waals surface area (Å²) in [6, 6.07) is 22.8. The maximum Gasteiger partial charge on any atom is 0.257 e. The van der Waals surface area contributed by atoms with E-state index >= 15 is 0 Å². The maximum absolute atomic E-state index is 13.6. The molecule has 3 aromatic carbocycles. The Morgan fingerprint density at radius 1 is 1.03 bits per heavy atom. The second kappa shape index (κ2) is 9.43. The lowest BCUT2D eigenvalue weighted by atomic mass is 9.95. The van der Waals surface area contributed by atoms with Gasteiger partial charge in [-0.05, 0) is 60.7 Å². The molecule has 0 bridgehead atoms. The van der Waals surface area contributed by atoms with E-state index in [-0.39, 0.29) is 11.9 Å². The number of rotatable bonds is 5. The summed E-state index contributed by atoms with van der Waals surface area (Å²) in [4.78, 5) is 15.9. The van der Waals surface area contributed by atoms with Crippen LogP contribution in [0.25, 0.3) is 0 Å². The SMILES string of the molecule is COc1cccc([C@@H]2CC(c3cc(C)ccc3C)=NN2C(=O)CN2CCc3ccccc3C2)c1. The van der Waals surface area contributed by atoms with Crippen molar-refractivity contribution in [3.63, 3.8) is 0 Å². The molecule has 0 spiro atoms. The molecular formula is C29H31N3O2. The number of ether oxygens (including phenoxy) is 1. The second-order valence-electron chi connectivity index (χ2n) is 9.33. The van der Waals surface area contributed by atoms with Crippen LogP contribution < -0.4 is 4.74 Å². The van der Waals surface area contributed by atoms with Gasteiger partial charge in [-0.2, -0.15) is 5.10 Å². The molecule has 2 aliphatic heterocycles. The fraction of sp³-hybridized carbons (Fsp3) is 0.310. The molecule has 1 atom stereocenters. The molecule has 0 saturated carbocycles. The van der Waals surface area contributed by atoms with Gasteiger partial charge in [0.05, 0.1) is 25.4 Å². The van der Waals surface area contributed by atoms with Crippen LogP contribution in [-0.2, 0) is 17.8 Å². The van der Waals surface area contributed by atoms with Crippen molar-refractivity contribution in [2.45, 2.75) is 39.3 Å². The lowest BCUT2D eigenvalue weighted by molar-refractivity contribution is -0.134. The molecule has 0 aliphatic carbocycles. The Balaban J connectivity index is 1.43. The number of aryl methyl sites for hydroxylation is 2. The van der Waals surface area contributed by atoms with Gasteiger partial charge in [0.25, 0.3) is 5.91 Å². The van der Waals surface area contributed by atoms with Crippen LogP contribution in [0.15, 0.2) is 71.8 Å². The van der Waals surface area contributed by atoms with E-state index in [9.17, 15) is 4.79 Å². The predicted molar refractivity (Wildman–Crippen MR) is 135 cm³/mol. The van der Waals surface area contributed by atoms with Crippen LogP contribution in [0.4, 0.5) is 0 Å².